The van der Waals surface area contributed by atoms with Crippen LogP contribution in [-0.4, -0.2) is 27.3 Å². The van der Waals surface area contributed by atoms with Crippen molar-refractivity contribution in [3.63, 3.8) is 0 Å². The van der Waals surface area contributed by atoms with Crippen LogP contribution in [-0.2, 0) is 13.0 Å². The zero-order chi connectivity index (χ0) is 16.8. The second-order valence-electron chi connectivity index (χ2n) is 5.83. The minimum Gasteiger partial charge on any atom is -0.332 e. The third kappa shape index (κ3) is 2.32. The summed E-state index contributed by atoms with van der Waals surface area (Å²) in [5, 5.41) is 0.773. The fourth-order valence-electron chi connectivity index (χ4n) is 3.08. The van der Waals surface area contributed by atoms with Gasteiger partial charge in [0.1, 0.15) is 5.82 Å². The number of amides is 1. The highest BCUT2D eigenvalue weighted by Crippen LogP contribution is 2.32. The number of nitrogens with one attached hydrogen (secondary N) is 1. The number of H-pyrrole nitrogens is 1. The van der Waals surface area contributed by atoms with Crippen molar-refractivity contribution in [2.24, 2.45) is 0 Å². The number of aromatic amines is 1. The number of benzene rings is 1. The lowest BCUT2D eigenvalue weighted by Crippen LogP contribution is -2.38. The molecule has 1 aromatic carbocycles. The van der Waals surface area contributed by atoms with E-state index in [1.54, 1.807) is 11.0 Å². The van der Waals surface area contributed by atoms with Crippen LogP contribution in [0.4, 0.5) is 4.39 Å². The van der Waals surface area contributed by atoms with E-state index in [0.717, 1.165) is 15.6 Å². The van der Waals surface area contributed by atoms with E-state index in [2.05, 4.69) is 9.97 Å². The van der Waals surface area contributed by atoms with Crippen molar-refractivity contribution >= 4 is 27.3 Å². The third-order valence-corrected chi connectivity index (χ3v) is 5.65. The Labute approximate surface area is 140 Å². The summed E-state index contributed by atoms with van der Waals surface area (Å²) in [4.78, 5) is 33.7. The van der Waals surface area contributed by atoms with Gasteiger partial charge >= 0.3 is 0 Å². The van der Waals surface area contributed by atoms with Gasteiger partial charge < -0.3 is 9.88 Å². The number of nitrogens with zero attached hydrogens (tertiary/aromatic N) is 2. The van der Waals surface area contributed by atoms with Crippen LogP contribution in [0.2, 0.25) is 0 Å². The number of aryl methyl sites for hydroxylation is 1. The van der Waals surface area contributed by atoms with Gasteiger partial charge in [0.15, 0.2) is 0 Å². The lowest BCUT2D eigenvalue weighted by molar-refractivity contribution is 0.0735. The summed E-state index contributed by atoms with van der Waals surface area (Å²) in [6.07, 6.45) is 1.85. The summed E-state index contributed by atoms with van der Waals surface area (Å²) in [6, 6.07) is 4.57. The van der Waals surface area contributed by atoms with Gasteiger partial charge in [-0.2, -0.15) is 0 Å². The predicted octanol–water partition coefficient (Wildman–Crippen LogP) is 2.63. The standard InChI is InChI=1S/C17H14FN3O2S/c1-9-12-6-10(18)2-3-14(12)24-15(9)17(23)21-5-4-11-13(7-21)19-8-20-16(11)22/h2-3,6,8H,4-5,7H2,1H3,(H,19,20,22). The molecule has 0 saturated carbocycles. The van der Waals surface area contributed by atoms with Crippen molar-refractivity contribution in [1.29, 1.82) is 0 Å². The largest absolute Gasteiger partial charge is 0.332 e. The van der Waals surface area contributed by atoms with Crippen LogP contribution in [0.5, 0.6) is 0 Å². The summed E-state index contributed by atoms with van der Waals surface area (Å²) < 4.78 is 14.3. The van der Waals surface area contributed by atoms with Crippen LogP contribution in [0.1, 0.15) is 26.5 Å². The zero-order valence-electron chi connectivity index (χ0n) is 12.9. The van der Waals surface area contributed by atoms with Gasteiger partial charge in [0.25, 0.3) is 11.5 Å². The number of carbonyl (C=O) groups excluding carboxylic acids is 1. The second-order valence-corrected chi connectivity index (χ2v) is 6.88. The topological polar surface area (TPSA) is 66.1 Å². The van der Waals surface area contributed by atoms with Crippen molar-refractivity contribution in [2.75, 3.05) is 6.54 Å². The number of carbonyl (C=O) groups is 1. The minimum absolute atomic E-state index is 0.0955. The molecule has 0 spiro atoms. The molecule has 1 amide bonds. The predicted molar refractivity (Wildman–Crippen MR) is 89.8 cm³/mol. The van der Waals surface area contributed by atoms with Gasteiger partial charge in [0, 0.05) is 16.8 Å². The van der Waals surface area contributed by atoms with E-state index in [0.29, 0.717) is 35.6 Å². The first-order chi connectivity index (χ1) is 11.5. The van der Waals surface area contributed by atoms with Gasteiger partial charge in [0.2, 0.25) is 0 Å². The van der Waals surface area contributed by atoms with Crippen molar-refractivity contribution in [3.8, 4) is 0 Å². The first kappa shape index (κ1) is 15.0. The Morgan fingerprint density at radius 2 is 2.25 bits per heavy atom. The smallest absolute Gasteiger partial charge is 0.264 e. The number of fused-ring (bicyclic) bond motifs is 2. The zero-order valence-corrected chi connectivity index (χ0v) is 13.7. The maximum Gasteiger partial charge on any atom is 0.264 e. The van der Waals surface area contributed by atoms with E-state index in [9.17, 15) is 14.0 Å². The molecule has 1 aliphatic rings. The number of rotatable bonds is 1. The van der Waals surface area contributed by atoms with Crippen molar-refractivity contribution < 1.29 is 9.18 Å². The van der Waals surface area contributed by atoms with E-state index in [-0.39, 0.29) is 17.3 Å². The molecule has 0 aliphatic carbocycles. The van der Waals surface area contributed by atoms with Crippen LogP contribution >= 0.6 is 11.3 Å². The maximum absolute atomic E-state index is 13.5. The Bertz CT molecular complexity index is 1020. The van der Waals surface area contributed by atoms with Crippen molar-refractivity contribution in [1.82, 2.24) is 14.9 Å². The fraction of sp³-hybridized carbons (Fsp3) is 0.235. The van der Waals surface area contributed by atoms with Crippen LogP contribution < -0.4 is 5.56 Å². The molecule has 0 atom stereocenters. The second kappa shape index (κ2) is 5.52. The number of hydrogen-bond donors (Lipinski definition) is 1. The Hall–Kier alpha value is -2.54. The monoisotopic (exact) mass is 343 g/mol. The molecule has 7 heteroatoms. The highest BCUT2D eigenvalue weighted by atomic mass is 32.1. The summed E-state index contributed by atoms with van der Waals surface area (Å²) in [7, 11) is 0. The molecule has 0 radical (unpaired) electrons. The van der Waals surface area contributed by atoms with Crippen molar-refractivity contribution in [3.05, 3.63) is 62.4 Å². The normalized spacial score (nSPS) is 14.0. The summed E-state index contributed by atoms with van der Waals surface area (Å²) in [5.41, 5.74) is 1.95. The van der Waals surface area contributed by atoms with Gasteiger partial charge in [-0.25, -0.2) is 9.37 Å². The minimum atomic E-state index is -0.308. The molecule has 1 N–H and O–H groups in total. The quantitative estimate of drug-likeness (QED) is 0.739. The third-order valence-electron chi connectivity index (χ3n) is 4.39. The molecule has 2 aromatic heterocycles. The van der Waals surface area contributed by atoms with E-state index >= 15 is 0 Å². The van der Waals surface area contributed by atoms with Gasteiger partial charge in [-0.1, -0.05) is 0 Å². The van der Waals surface area contributed by atoms with Gasteiger partial charge in [-0.15, -0.1) is 11.3 Å². The van der Waals surface area contributed by atoms with Gasteiger partial charge in [-0.3, -0.25) is 9.59 Å². The molecule has 0 saturated heterocycles. The van der Waals surface area contributed by atoms with Crippen LogP contribution in [0.3, 0.4) is 0 Å². The SMILES string of the molecule is Cc1c(C(=O)N2CCc3c(nc[nH]c3=O)C2)sc2ccc(F)cc12. The van der Waals surface area contributed by atoms with E-state index in [4.69, 9.17) is 0 Å². The summed E-state index contributed by atoms with van der Waals surface area (Å²) in [5.74, 6) is -0.403. The average Bonchev–Trinajstić information content (AvgIpc) is 2.91. The van der Waals surface area contributed by atoms with Crippen molar-refractivity contribution in [2.45, 2.75) is 19.9 Å². The Kier molecular flexibility index (Phi) is 3.45. The number of halogens is 1. The molecule has 1 aliphatic heterocycles. The molecule has 4 rings (SSSR count). The highest BCUT2D eigenvalue weighted by molar-refractivity contribution is 7.21. The number of thiophene rings is 1. The molecular weight excluding hydrogens is 329 g/mol. The van der Waals surface area contributed by atoms with E-state index < -0.39 is 0 Å². The molecule has 122 valence electrons. The van der Waals surface area contributed by atoms with E-state index in [1.165, 1.54) is 29.8 Å². The first-order valence-corrected chi connectivity index (χ1v) is 8.39. The van der Waals surface area contributed by atoms with Gasteiger partial charge in [0.05, 0.1) is 23.4 Å². The van der Waals surface area contributed by atoms with Crippen LogP contribution in [0, 0.1) is 12.7 Å². The maximum atomic E-state index is 13.5. The fourth-order valence-corrected chi connectivity index (χ4v) is 4.24. The number of hydrogen-bond acceptors (Lipinski definition) is 4. The molecular formula is C17H14FN3O2S. The van der Waals surface area contributed by atoms with Crippen LogP contribution in [0.25, 0.3) is 10.1 Å². The lowest BCUT2D eigenvalue weighted by Gasteiger charge is -2.27. The Morgan fingerprint density at radius 1 is 1.42 bits per heavy atom. The molecule has 0 bridgehead atoms. The van der Waals surface area contributed by atoms with Gasteiger partial charge in [-0.05, 0) is 42.5 Å². The summed E-state index contributed by atoms with van der Waals surface area (Å²) in [6.45, 7) is 2.63. The molecule has 3 aromatic rings. The lowest BCUT2D eigenvalue weighted by atomic mass is 10.1. The first-order valence-electron chi connectivity index (χ1n) is 7.58. The number of aromatic nitrogens is 2. The van der Waals surface area contributed by atoms with Crippen LogP contribution in [0.15, 0.2) is 29.3 Å². The molecule has 24 heavy (non-hydrogen) atoms. The average molecular weight is 343 g/mol. The molecule has 5 nitrogen and oxygen atoms in total. The molecule has 3 heterocycles. The Balaban J connectivity index is 1.70. The Morgan fingerprint density at radius 3 is 3.08 bits per heavy atom. The summed E-state index contributed by atoms with van der Waals surface area (Å²) >= 11 is 1.37. The highest BCUT2D eigenvalue weighted by Gasteiger charge is 2.27. The molecule has 0 fully saturated rings. The van der Waals surface area contributed by atoms with E-state index in [1.807, 2.05) is 6.92 Å². The molecule has 0 unspecified atom stereocenters.